The van der Waals surface area contributed by atoms with E-state index < -0.39 is 10.0 Å². The zero-order valence-electron chi connectivity index (χ0n) is 15.3. The number of nitrogens with zero attached hydrogens (tertiary/aromatic N) is 2. The Morgan fingerprint density at radius 2 is 1.82 bits per heavy atom. The van der Waals surface area contributed by atoms with Gasteiger partial charge in [-0.1, -0.05) is 0 Å². The quantitative estimate of drug-likeness (QED) is 0.644. The van der Waals surface area contributed by atoms with Crippen LogP contribution in [0, 0.1) is 0 Å². The fourth-order valence-corrected chi connectivity index (χ4v) is 5.22. The number of carbonyl (C=O) groups is 1. The molecule has 1 aromatic carbocycles. The van der Waals surface area contributed by atoms with Crippen LogP contribution < -0.4 is 11.0 Å². The first-order valence-corrected chi connectivity index (χ1v) is 10.6. The van der Waals surface area contributed by atoms with E-state index in [0.29, 0.717) is 30.5 Å². The summed E-state index contributed by atoms with van der Waals surface area (Å²) in [6.07, 6.45) is 2.59. The van der Waals surface area contributed by atoms with Crippen molar-refractivity contribution >= 4 is 39.4 Å². The maximum atomic E-state index is 12.9. The number of rotatable bonds is 4. The van der Waals surface area contributed by atoms with Crippen molar-refractivity contribution in [1.82, 2.24) is 24.5 Å². The lowest BCUT2D eigenvalue weighted by Crippen LogP contribution is -2.51. The number of benzene rings is 1. The van der Waals surface area contributed by atoms with Gasteiger partial charge in [0.1, 0.15) is 0 Å². The first-order valence-electron chi connectivity index (χ1n) is 9.17. The zero-order valence-corrected chi connectivity index (χ0v) is 16.9. The van der Waals surface area contributed by atoms with Crippen LogP contribution in [-0.2, 0) is 14.8 Å². The Balaban J connectivity index is 0.00000225. The molecule has 3 heterocycles. The van der Waals surface area contributed by atoms with Gasteiger partial charge in [-0.2, -0.15) is 4.31 Å². The van der Waals surface area contributed by atoms with Gasteiger partial charge in [-0.15, -0.1) is 12.4 Å². The lowest BCUT2D eigenvalue weighted by Gasteiger charge is -2.34. The number of sulfonamides is 1. The molecule has 11 heteroatoms. The summed E-state index contributed by atoms with van der Waals surface area (Å²) in [5.74, 6) is 0.0813. The summed E-state index contributed by atoms with van der Waals surface area (Å²) in [5.41, 5.74) is 0.650. The molecule has 2 aromatic rings. The van der Waals surface area contributed by atoms with Gasteiger partial charge in [-0.25, -0.2) is 13.2 Å². The molecule has 0 saturated carbocycles. The summed E-state index contributed by atoms with van der Waals surface area (Å²) in [6, 6.07) is 4.78. The third-order valence-corrected chi connectivity index (χ3v) is 7.19. The second-order valence-corrected chi connectivity index (χ2v) is 9.01. The molecule has 28 heavy (non-hydrogen) atoms. The minimum Gasteiger partial charge on any atom is -0.340 e. The van der Waals surface area contributed by atoms with Crippen molar-refractivity contribution < 1.29 is 13.2 Å². The number of carbonyl (C=O) groups excluding carboxylic acids is 1. The largest absolute Gasteiger partial charge is 0.340 e. The van der Waals surface area contributed by atoms with E-state index in [1.807, 2.05) is 0 Å². The van der Waals surface area contributed by atoms with E-state index >= 15 is 0 Å². The first kappa shape index (κ1) is 20.8. The highest BCUT2D eigenvalue weighted by atomic mass is 35.5. The summed E-state index contributed by atoms with van der Waals surface area (Å²) in [6.45, 7) is 2.30. The Kier molecular flexibility index (Phi) is 6.13. The van der Waals surface area contributed by atoms with Crippen LogP contribution in [0.4, 0.5) is 0 Å². The number of nitrogens with one attached hydrogen (secondary N) is 3. The van der Waals surface area contributed by atoms with E-state index in [1.54, 1.807) is 11.0 Å². The van der Waals surface area contributed by atoms with Crippen molar-refractivity contribution in [2.24, 2.45) is 0 Å². The summed E-state index contributed by atoms with van der Waals surface area (Å²) >= 11 is 0. The lowest BCUT2D eigenvalue weighted by molar-refractivity contribution is -0.132. The zero-order chi connectivity index (χ0) is 19.0. The molecule has 154 valence electrons. The van der Waals surface area contributed by atoms with Crippen molar-refractivity contribution in [2.45, 2.75) is 30.2 Å². The summed E-state index contributed by atoms with van der Waals surface area (Å²) < 4.78 is 27.2. The van der Waals surface area contributed by atoms with Gasteiger partial charge >= 0.3 is 5.69 Å². The average Bonchev–Trinajstić information content (AvgIpc) is 3.29. The van der Waals surface area contributed by atoms with Crippen molar-refractivity contribution in [2.75, 3.05) is 32.7 Å². The topological polar surface area (TPSA) is 118 Å². The van der Waals surface area contributed by atoms with Gasteiger partial charge in [0.05, 0.1) is 15.9 Å². The maximum Gasteiger partial charge on any atom is 0.323 e. The SMILES string of the molecule is Cl.O=C(CC1CCCN1)N1CCN(S(=O)(=O)c2ccc3[nH]c(=O)[nH]c3c2)CC1. The van der Waals surface area contributed by atoms with Gasteiger partial charge in [-0.3, -0.25) is 4.79 Å². The van der Waals surface area contributed by atoms with Crippen LogP contribution in [0.15, 0.2) is 27.9 Å². The van der Waals surface area contributed by atoms with Crippen molar-refractivity contribution in [1.29, 1.82) is 0 Å². The number of amides is 1. The fraction of sp³-hybridized carbons (Fsp3) is 0.529. The molecular weight excluding hydrogens is 406 g/mol. The maximum absolute atomic E-state index is 12.9. The van der Waals surface area contributed by atoms with Gasteiger partial charge in [0, 0.05) is 38.6 Å². The van der Waals surface area contributed by atoms with E-state index in [-0.39, 0.29) is 48.0 Å². The number of hydrogen-bond acceptors (Lipinski definition) is 5. The highest BCUT2D eigenvalue weighted by molar-refractivity contribution is 7.89. The van der Waals surface area contributed by atoms with E-state index in [2.05, 4.69) is 15.3 Å². The van der Waals surface area contributed by atoms with Crippen LogP contribution in [0.25, 0.3) is 11.0 Å². The van der Waals surface area contributed by atoms with Crippen LogP contribution in [0.2, 0.25) is 0 Å². The van der Waals surface area contributed by atoms with Gasteiger partial charge in [0.15, 0.2) is 0 Å². The highest BCUT2D eigenvalue weighted by Gasteiger charge is 2.31. The molecule has 9 nitrogen and oxygen atoms in total. The van der Waals surface area contributed by atoms with Gasteiger partial charge in [-0.05, 0) is 37.6 Å². The van der Waals surface area contributed by atoms with Crippen LogP contribution >= 0.6 is 12.4 Å². The molecule has 1 aromatic heterocycles. The smallest absolute Gasteiger partial charge is 0.323 e. The third-order valence-electron chi connectivity index (χ3n) is 5.30. The first-order chi connectivity index (χ1) is 12.9. The molecule has 2 fully saturated rings. The Labute approximate surface area is 168 Å². The molecule has 2 aliphatic rings. The summed E-state index contributed by atoms with van der Waals surface area (Å²) in [4.78, 5) is 30.8. The number of piperazine rings is 1. The fourth-order valence-electron chi connectivity index (χ4n) is 3.77. The van der Waals surface area contributed by atoms with Crippen LogP contribution in [-0.4, -0.2) is 72.3 Å². The molecule has 1 unspecified atom stereocenters. The second kappa shape index (κ2) is 8.24. The molecular formula is C17H24ClN5O4S. The average molecular weight is 430 g/mol. The Morgan fingerprint density at radius 3 is 2.50 bits per heavy atom. The van der Waals surface area contributed by atoms with Crippen molar-refractivity contribution in [3.8, 4) is 0 Å². The number of imidazole rings is 1. The van der Waals surface area contributed by atoms with Gasteiger partial charge < -0.3 is 20.2 Å². The van der Waals surface area contributed by atoms with E-state index in [4.69, 9.17) is 0 Å². The van der Waals surface area contributed by atoms with Crippen molar-refractivity contribution in [3.63, 3.8) is 0 Å². The number of H-pyrrole nitrogens is 2. The Bertz CT molecular complexity index is 1000. The number of halogens is 1. The van der Waals surface area contributed by atoms with Gasteiger partial charge in [0.25, 0.3) is 0 Å². The van der Waals surface area contributed by atoms with E-state index in [9.17, 15) is 18.0 Å². The summed E-state index contributed by atoms with van der Waals surface area (Å²) in [5, 5.41) is 3.32. The van der Waals surface area contributed by atoms with E-state index in [1.165, 1.54) is 16.4 Å². The summed E-state index contributed by atoms with van der Waals surface area (Å²) in [7, 11) is -3.67. The van der Waals surface area contributed by atoms with Crippen LogP contribution in [0.1, 0.15) is 19.3 Å². The minimum absolute atomic E-state index is 0. The monoisotopic (exact) mass is 429 g/mol. The molecule has 1 atom stereocenters. The molecule has 0 spiro atoms. The molecule has 2 aliphatic heterocycles. The van der Waals surface area contributed by atoms with Crippen LogP contribution in [0.3, 0.4) is 0 Å². The molecule has 0 bridgehead atoms. The normalized spacial score (nSPS) is 21.0. The molecule has 3 N–H and O–H groups in total. The molecule has 4 rings (SSSR count). The lowest BCUT2D eigenvalue weighted by atomic mass is 10.1. The van der Waals surface area contributed by atoms with Gasteiger partial charge in [0.2, 0.25) is 15.9 Å². The highest BCUT2D eigenvalue weighted by Crippen LogP contribution is 2.21. The number of hydrogen-bond donors (Lipinski definition) is 3. The molecule has 2 saturated heterocycles. The number of aromatic nitrogens is 2. The van der Waals surface area contributed by atoms with Crippen LogP contribution in [0.5, 0.6) is 0 Å². The Morgan fingerprint density at radius 1 is 1.11 bits per heavy atom. The number of aromatic amines is 2. The molecule has 1 amide bonds. The molecule has 0 radical (unpaired) electrons. The predicted molar refractivity (Wildman–Crippen MR) is 107 cm³/mol. The minimum atomic E-state index is -3.67. The standard InChI is InChI=1S/C17H23N5O4S.ClH/c23-16(10-12-2-1-5-18-12)21-6-8-22(9-7-21)27(25,26)13-3-4-14-15(11-13)20-17(24)19-14;/h3-4,11-12,18H,1-2,5-10H2,(H2,19,20,24);1H. The third kappa shape index (κ3) is 4.09. The Hall–Kier alpha value is -1.88. The second-order valence-electron chi connectivity index (χ2n) is 7.07. The van der Waals surface area contributed by atoms with Crippen molar-refractivity contribution in [3.05, 3.63) is 28.7 Å². The molecule has 0 aliphatic carbocycles. The van der Waals surface area contributed by atoms with E-state index in [0.717, 1.165) is 19.4 Å². The predicted octanol–water partition coefficient (Wildman–Crippen LogP) is 0.253. The number of fused-ring (bicyclic) bond motifs is 1.